The van der Waals surface area contributed by atoms with Gasteiger partial charge in [-0.1, -0.05) is 0 Å². The van der Waals surface area contributed by atoms with Crippen LogP contribution in [0.25, 0.3) is 0 Å². The summed E-state index contributed by atoms with van der Waals surface area (Å²) >= 11 is 0. The maximum atomic E-state index is 11.7. The van der Waals surface area contributed by atoms with Gasteiger partial charge >= 0.3 is 0 Å². The van der Waals surface area contributed by atoms with E-state index >= 15 is 0 Å². The molecule has 0 radical (unpaired) electrons. The molecule has 20 heavy (non-hydrogen) atoms. The fourth-order valence-electron chi connectivity index (χ4n) is 2.53. The van der Waals surface area contributed by atoms with Crippen molar-refractivity contribution >= 4 is 11.6 Å². The van der Waals surface area contributed by atoms with E-state index in [1.165, 1.54) is 0 Å². The van der Waals surface area contributed by atoms with Crippen LogP contribution in [0.1, 0.15) is 12.8 Å². The molecular formula is C15H23N3O2. The van der Waals surface area contributed by atoms with Crippen LogP contribution in [0.2, 0.25) is 0 Å². The molecule has 1 fully saturated rings. The average Bonchev–Trinajstić information content (AvgIpc) is 2.49. The maximum absolute atomic E-state index is 11.7. The molecular weight excluding hydrogens is 254 g/mol. The van der Waals surface area contributed by atoms with Crippen LogP contribution >= 0.6 is 0 Å². The van der Waals surface area contributed by atoms with E-state index in [1.54, 1.807) is 7.05 Å². The summed E-state index contributed by atoms with van der Waals surface area (Å²) < 4.78 is 5.69. The third-order valence-corrected chi connectivity index (χ3v) is 3.68. The van der Waals surface area contributed by atoms with Gasteiger partial charge in [0.1, 0.15) is 12.4 Å². The summed E-state index contributed by atoms with van der Waals surface area (Å²) in [6, 6.07) is 7.41. The summed E-state index contributed by atoms with van der Waals surface area (Å²) in [5.41, 5.74) is 6.37. The molecule has 1 atom stereocenters. The van der Waals surface area contributed by atoms with Crippen LogP contribution < -0.4 is 15.8 Å². The van der Waals surface area contributed by atoms with Crippen molar-refractivity contribution in [2.75, 3.05) is 39.0 Å². The number of nitrogen functional groups attached to an aromatic ring is 1. The largest absolute Gasteiger partial charge is 0.492 e. The van der Waals surface area contributed by atoms with E-state index in [-0.39, 0.29) is 11.8 Å². The first-order valence-corrected chi connectivity index (χ1v) is 7.11. The van der Waals surface area contributed by atoms with Crippen LogP contribution in [0.5, 0.6) is 5.75 Å². The molecule has 1 aromatic carbocycles. The van der Waals surface area contributed by atoms with E-state index in [4.69, 9.17) is 10.5 Å². The molecule has 0 aromatic heterocycles. The number of piperidine rings is 1. The molecule has 1 aliphatic rings. The monoisotopic (exact) mass is 277 g/mol. The Kier molecular flexibility index (Phi) is 5.24. The Morgan fingerprint density at radius 3 is 2.90 bits per heavy atom. The number of likely N-dealkylation sites (tertiary alicyclic amines) is 1. The number of rotatable bonds is 5. The predicted molar refractivity (Wildman–Crippen MR) is 79.6 cm³/mol. The lowest BCUT2D eigenvalue weighted by atomic mass is 9.97. The number of amides is 1. The summed E-state index contributed by atoms with van der Waals surface area (Å²) in [5, 5.41) is 2.73. The van der Waals surface area contributed by atoms with E-state index in [1.807, 2.05) is 24.3 Å². The highest BCUT2D eigenvalue weighted by atomic mass is 16.5. The van der Waals surface area contributed by atoms with Crippen molar-refractivity contribution in [1.82, 2.24) is 10.2 Å². The topological polar surface area (TPSA) is 67.6 Å². The van der Waals surface area contributed by atoms with Crippen molar-refractivity contribution < 1.29 is 9.53 Å². The zero-order chi connectivity index (χ0) is 14.4. The molecule has 1 unspecified atom stereocenters. The Labute approximate surface area is 120 Å². The van der Waals surface area contributed by atoms with Gasteiger partial charge in [0, 0.05) is 25.8 Å². The summed E-state index contributed by atoms with van der Waals surface area (Å²) in [7, 11) is 1.70. The second-order valence-corrected chi connectivity index (χ2v) is 5.17. The molecule has 1 saturated heterocycles. The molecule has 5 nitrogen and oxygen atoms in total. The number of nitrogens with one attached hydrogen (secondary N) is 1. The van der Waals surface area contributed by atoms with Crippen molar-refractivity contribution in [2.45, 2.75) is 12.8 Å². The van der Waals surface area contributed by atoms with Crippen LogP contribution in [0, 0.1) is 5.92 Å². The van der Waals surface area contributed by atoms with E-state index in [2.05, 4.69) is 10.2 Å². The maximum Gasteiger partial charge on any atom is 0.224 e. The van der Waals surface area contributed by atoms with E-state index in [0.717, 1.165) is 43.9 Å². The number of anilines is 1. The second kappa shape index (κ2) is 7.14. The average molecular weight is 277 g/mol. The third kappa shape index (κ3) is 4.13. The number of hydrogen-bond donors (Lipinski definition) is 2. The Balaban J connectivity index is 1.73. The van der Waals surface area contributed by atoms with Gasteiger partial charge in [-0.2, -0.15) is 0 Å². The first kappa shape index (κ1) is 14.7. The van der Waals surface area contributed by atoms with Crippen LogP contribution in [-0.2, 0) is 4.79 Å². The summed E-state index contributed by atoms with van der Waals surface area (Å²) in [6.07, 6.45) is 2.05. The normalized spacial score (nSPS) is 19.6. The van der Waals surface area contributed by atoms with Crippen molar-refractivity contribution in [2.24, 2.45) is 5.92 Å². The lowest BCUT2D eigenvalue weighted by Gasteiger charge is -2.31. The Morgan fingerprint density at radius 1 is 1.45 bits per heavy atom. The lowest BCUT2D eigenvalue weighted by molar-refractivity contribution is -0.126. The van der Waals surface area contributed by atoms with E-state index < -0.39 is 0 Å². The van der Waals surface area contributed by atoms with Gasteiger partial charge in [0.15, 0.2) is 0 Å². The van der Waals surface area contributed by atoms with Gasteiger partial charge < -0.3 is 15.8 Å². The van der Waals surface area contributed by atoms with Gasteiger partial charge in [-0.3, -0.25) is 9.69 Å². The molecule has 1 aliphatic heterocycles. The molecule has 110 valence electrons. The molecule has 0 bridgehead atoms. The van der Waals surface area contributed by atoms with Crippen molar-refractivity contribution in [3.63, 3.8) is 0 Å². The van der Waals surface area contributed by atoms with Gasteiger partial charge in [0.25, 0.3) is 0 Å². The minimum absolute atomic E-state index is 0.116. The van der Waals surface area contributed by atoms with E-state index in [9.17, 15) is 4.79 Å². The molecule has 1 amide bonds. The summed E-state index contributed by atoms with van der Waals surface area (Å²) in [4.78, 5) is 14.0. The van der Waals surface area contributed by atoms with Gasteiger partial charge in [-0.15, -0.1) is 0 Å². The molecule has 1 heterocycles. The van der Waals surface area contributed by atoms with Crippen LogP contribution in [0.4, 0.5) is 5.69 Å². The first-order chi connectivity index (χ1) is 9.69. The number of benzene rings is 1. The number of nitrogens with zero attached hydrogens (tertiary/aromatic N) is 1. The third-order valence-electron chi connectivity index (χ3n) is 3.68. The fourth-order valence-corrected chi connectivity index (χ4v) is 2.53. The Bertz CT molecular complexity index is 433. The second-order valence-electron chi connectivity index (χ2n) is 5.17. The molecule has 0 aliphatic carbocycles. The SMILES string of the molecule is CNC(=O)C1CCCN(CCOc2ccc(N)cc2)C1. The predicted octanol–water partition coefficient (Wildman–Crippen LogP) is 1.11. The quantitative estimate of drug-likeness (QED) is 0.791. The molecule has 5 heteroatoms. The zero-order valence-electron chi connectivity index (χ0n) is 12.0. The van der Waals surface area contributed by atoms with Crippen molar-refractivity contribution in [3.05, 3.63) is 24.3 Å². The van der Waals surface area contributed by atoms with E-state index in [0.29, 0.717) is 6.61 Å². The summed E-state index contributed by atoms with van der Waals surface area (Å²) in [5.74, 6) is 1.10. The Morgan fingerprint density at radius 2 is 2.20 bits per heavy atom. The van der Waals surface area contributed by atoms with Crippen LogP contribution in [0.15, 0.2) is 24.3 Å². The minimum Gasteiger partial charge on any atom is -0.492 e. The molecule has 3 N–H and O–H groups in total. The number of hydrogen-bond acceptors (Lipinski definition) is 4. The number of carbonyl (C=O) groups excluding carboxylic acids is 1. The smallest absolute Gasteiger partial charge is 0.224 e. The van der Waals surface area contributed by atoms with Crippen LogP contribution in [0.3, 0.4) is 0 Å². The first-order valence-electron chi connectivity index (χ1n) is 7.11. The van der Waals surface area contributed by atoms with Crippen molar-refractivity contribution in [3.8, 4) is 5.75 Å². The zero-order valence-corrected chi connectivity index (χ0v) is 12.0. The van der Waals surface area contributed by atoms with Crippen LogP contribution in [-0.4, -0.2) is 44.1 Å². The highest BCUT2D eigenvalue weighted by Gasteiger charge is 2.24. The number of ether oxygens (including phenoxy) is 1. The van der Waals surface area contributed by atoms with Crippen molar-refractivity contribution in [1.29, 1.82) is 0 Å². The van der Waals surface area contributed by atoms with Gasteiger partial charge in [-0.25, -0.2) is 0 Å². The highest BCUT2D eigenvalue weighted by Crippen LogP contribution is 2.17. The fraction of sp³-hybridized carbons (Fsp3) is 0.533. The number of carbonyl (C=O) groups is 1. The van der Waals surface area contributed by atoms with Gasteiger partial charge in [0.05, 0.1) is 5.92 Å². The minimum atomic E-state index is 0.116. The lowest BCUT2D eigenvalue weighted by Crippen LogP contribution is -2.43. The Hall–Kier alpha value is -1.75. The molecule has 1 aromatic rings. The summed E-state index contributed by atoms with van der Waals surface area (Å²) in [6.45, 7) is 3.34. The highest BCUT2D eigenvalue weighted by molar-refractivity contribution is 5.78. The van der Waals surface area contributed by atoms with Gasteiger partial charge in [-0.05, 0) is 43.7 Å². The van der Waals surface area contributed by atoms with Gasteiger partial charge in [0.2, 0.25) is 5.91 Å². The standard InChI is InChI=1S/C15H23N3O2/c1-17-15(19)12-3-2-8-18(11-12)9-10-20-14-6-4-13(16)5-7-14/h4-7,12H,2-3,8-11,16H2,1H3,(H,17,19). The molecule has 0 spiro atoms. The number of nitrogens with two attached hydrogens (primary N) is 1. The molecule has 0 saturated carbocycles. The molecule has 2 rings (SSSR count).